The fourth-order valence-corrected chi connectivity index (χ4v) is 4.17. The third-order valence-corrected chi connectivity index (χ3v) is 6.20. The Kier molecular flexibility index (Phi) is 9.61. The zero-order valence-electron chi connectivity index (χ0n) is 17.2. The third-order valence-electron chi connectivity index (χ3n) is 5.18. The summed E-state index contributed by atoms with van der Waals surface area (Å²) in [5.41, 5.74) is 0. The lowest BCUT2D eigenvalue weighted by atomic mass is 9.98. The van der Waals surface area contributed by atoms with Gasteiger partial charge in [-0.2, -0.15) is 0 Å². The Hall–Kier alpha value is -1.76. The molecule has 1 aliphatic heterocycles. The van der Waals surface area contributed by atoms with Crippen LogP contribution in [0.2, 0.25) is 0 Å². The molecule has 0 unspecified atom stereocenters. The van der Waals surface area contributed by atoms with Gasteiger partial charge in [0.25, 0.3) is 0 Å². The highest BCUT2D eigenvalue weighted by atomic mass is 32.2. The summed E-state index contributed by atoms with van der Waals surface area (Å²) >= 11 is 1.68. The van der Waals surface area contributed by atoms with Crippen molar-refractivity contribution < 1.29 is 9.18 Å². The van der Waals surface area contributed by atoms with Gasteiger partial charge in [0, 0.05) is 49.3 Å². The number of aliphatic imine (C=N–C) groups is 1. The molecule has 0 radical (unpaired) electrons. The molecule has 1 heterocycles. The number of likely N-dealkylation sites (tertiary alicyclic amines) is 1. The lowest BCUT2D eigenvalue weighted by Gasteiger charge is -2.34. The van der Waals surface area contributed by atoms with Crippen LogP contribution < -0.4 is 10.6 Å². The molecule has 1 amide bonds. The van der Waals surface area contributed by atoms with Crippen LogP contribution in [-0.2, 0) is 4.79 Å². The topological polar surface area (TPSA) is 56.7 Å². The van der Waals surface area contributed by atoms with Crippen LogP contribution in [-0.4, -0.2) is 55.2 Å². The van der Waals surface area contributed by atoms with Crippen molar-refractivity contribution in [2.75, 3.05) is 32.4 Å². The first-order valence-corrected chi connectivity index (χ1v) is 11.2. The molecular formula is C21H33FN4OS. The predicted molar refractivity (Wildman–Crippen MR) is 115 cm³/mol. The second-order valence-corrected chi connectivity index (χ2v) is 8.23. The lowest BCUT2D eigenvalue weighted by molar-refractivity contribution is -0.136. The number of hydrogen-bond donors (Lipinski definition) is 2. The Bertz CT molecular complexity index is 626. The van der Waals surface area contributed by atoms with Crippen molar-refractivity contribution in [3.8, 4) is 0 Å². The van der Waals surface area contributed by atoms with E-state index in [0.717, 1.165) is 61.9 Å². The van der Waals surface area contributed by atoms with E-state index in [9.17, 15) is 9.18 Å². The summed E-state index contributed by atoms with van der Waals surface area (Å²) in [4.78, 5) is 19.9. The summed E-state index contributed by atoms with van der Waals surface area (Å²) in [5.74, 6) is 1.93. The van der Waals surface area contributed by atoms with Gasteiger partial charge >= 0.3 is 0 Å². The molecule has 0 saturated carbocycles. The van der Waals surface area contributed by atoms with E-state index in [4.69, 9.17) is 0 Å². The second kappa shape index (κ2) is 11.9. The highest BCUT2D eigenvalue weighted by molar-refractivity contribution is 7.99. The maximum absolute atomic E-state index is 12.9. The fourth-order valence-electron chi connectivity index (χ4n) is 3.40. The number of benzene rings is 1. The monoisotopic (exact) mass is 408 g/mol. The van der Waals surface area contributed by atoms with Gasteiger partial charge in [-0.25, -0.2) is 4.39 Å². The van der Waals surface area contributed by atoms with E-state index in [0.29, 0.717) is 11.9 Å². The van der Waals surface area contributed by atoms with Crippen LogP contribution in [0.1, 0.15) is 39.5 Å². The maximum atomic E-state index is 12.9. The van der Waals surface area contributed by atoms with E-state index in [1.807, 2.05) is 4.90 Å². The quantitative estimate of drug-likeness (QED) is 0.299. The number of nitrogens with zero attached hydrogens (tertiary/aromatic N) is 2. The zero-order chi connectivity index (χ0) is 20.4. The minimum Gasteiger partial charge on any atom is -0.356 e. The van der Waals surface area contributed by atoms with Gasteiger partial charge in [0.2, 0.25) is 5.91 Å². The molecule has 156 valence electrons. The first-order chi connectivity index (χ1) is 13.6. The molecule has 1 aliphatic rings. The van der Waals surface area contributed by atoms with Gasteiger partial charge in [-0.05, 0) is 49.9 Å². The highest BCUT2D eigenvalue weighted by Gasteiger charge is 2.26. The number of carbonyl (C=O) groups excluding carboxylic acids is 1. The molecule has 0 aliphatic carbocycles. The Morgan fingerprint density at radius 2 is 1.89 bits per heavy atom. The average molecular weight is 409 g/mol. The van der Waals surface area contributed by atoms with Crippen molar-refractivity contribution in [1.29, 1.82) is 0 Å². The van der Waals surface area contributed by atoms with E-state index in [-0.39, 0.29) is 11.7 Å². The first-order valence-electron chi connectivity index (χ1n) is 10.2. The SMILES string of the molecule is CCC(CC)C(=O)N1CCC(NC(=NC)NCCSc2ccc(F)cc2)CC1. The highest BCUT2D eigenvalue weighted by Crippen LogP contribution is 2.18. The molecule has 0 spiro atoms. The van der Waals surface area contributed by atoms with Crippen LogP contribution in [0.4, 0.5) is 4.39 Å². The van der Waals surface area contributed by atoms with Crippen molar-refractivity contribution in [3.63, 3.8) is 0 Å². The average Bonchev–Trinajstić information content (AvgIpc) is 2.72. The van der Waals surface area contributed by atoms with Crippen molar-refractivity contribution in [1.82, 2.24) is 15.5 Å². The molecular weight excluding hydrogens is 375 g/mol. The number of nitrogens with one attached hydrogen (secondary N) is 2. The second-order valence-electron chi connectivity index (χ2n) is 7.06. The standard InChI is InChI=1S/C21H33FN4OS/c1-4-16(5-2)20(27)26-13-10-18(11-14-26)25-21(23-3)24-12-15-28-19-8-6-17(22)7-9-19/h6-9,16,18H,4-5,10-15H2,1-3H3,(H2,23,24,25). The molecule has 7 heteroatoms. The van der Waals surface area contributed by atoms with E-state index >= 15 is 0 Å². The van der Waals surface area contributed by atoms with Crippen LogP contribution in [0.25, 0.3) is 0 Å². The van der Waals surface area contributed by atoms with Crippen LogP contribution in [0, 0.1) is 11.7 Å². The van der Waals surface area contributed by atoms with Gasteiger partial charge in [0.05, 0.1) is 0 Å². The zero-order valence-corrected chi connectivity index (χ0v) is 18.0. The van der Waals surface area contributed by atoms with Gasteiger partial charge in [-0.1, -0.05) is 13.8 Å². The minimum atomic E-state index is -0.209. The third kappa shape index (κ3) is 7.00. The van der Waals surface area contributed by atoms with Gasteiger partial charge < -0.3 is 15.5 Å². The summed E-state index contributed by atoms with van der Waals surface area (Å²) < 4.78 is 12.9. The van der Waals surface area contributed by atoms with E-state index in [1.165, 1.54) is 12.1 Å². The van der Waals surface area contributed by atoms with Crippen molar-refractivity contribution in [2.45, 2.75) is 50.5 Å². The Labute approximate surface area is 172 Å². The smallest absolute Gasteiger partial charge is 0.225 e. The van der Waals surface area contributed by atoms with Crippen molar-refractivity contribution in [2.24, 2.45) is 10.9 Å². The summed E-state index contributed by atoms with van der Waals surface area (Å²) in [6.45, 7) is 6.57. The van der Waals surface area contributed by atoms with Gasteiger partial charge in [-0.3, -0.25) is 9.79 Å². The largest absolute Gasteiger partial charge is 0.356 e. The summed E-state index contributed by atoms with van der Waals surface area (Å²) in [6, 6.07) is 6.89. The number of amides is 1. The van der Waals surface area contributed by atoms with Crippen LogP contribution in [0.3, 0.4) is 0 Å². The van der Waals surface area contributed by atoms with Crippen LogP contribution >= 0.6 is 11.8 Å². The molecule has 1 aromatic carbocycles. The molecule has 1 saturated heterocycles. The Morgan fingerprint density at radius 3 is 2.46 bits per heavy atom. The minimum absolute atomic E-state index is 0.164. The van der Waals surface area contributed by atoms with Crippen molar-refractivity contribution >= 4 is 23.6 Å². The Morgan fingerprint density at radius 1 is 1.25 bits per heavy atom. The lowest BCUT2D eigenvalue weighted by Crippen LogP contribution is -2.50. The van der Waals surface area contributed by atoms with E-state index in [1.54, 1.807) is 30.9 Å². The van der Waals surface area contributed by atoms with Gasteiger partial charge in [0.15, 0.2) is 5.96 Å². The van der Waals surface area contributed by atoms with Crippen LogP contribution in [0.5, 0.6) is 0 Å². The fraction of sp³-hybridized carbons (Fsp3) is 0.619. The molecule has 0 aromatic heterocycles. The van der Waals surface area contributed by atoms with Crippen LogP contribution in [0.15, 0.2) is 34.2 Å². The molecule has 5 nitrogen and oxygen atoms in total. The number of guanidine groups is 1. The number of hydrogen-bond acceptors (Lipinski definition) is 3. The molecule has 1 aromatic rings. The summed E-state index contributed by atoms with van der Waals surface area (Å²) in [5, 5.41) is 6.80. The van der Waals surface area contributed by atoms with E-state index < -0.39 is 0 Å². The predicted octanol–water partition coefficient (Wildman–Crippen LogP) is 3.51. The molecule has 0 bridgehead atoms. The normalized spacial score (nSPS) is 15.8. The van der Waals surface area contributed by atoms with Gasteiger partial charge in [0.1, 0.15) is 5.82 Å². The van der Waals surface area contributed by atoms with Crippen molar-refractivity contribution in [3.05, 3.63) is 30.1 Å². The number of piperidine rings is 1. The molecule has 0 atom stereocenters. The number of halogens is 1. The summed E-state index contributed by atoms with van der Waals surface area (Å²) in [6.07, 6.45) is 3.72. The maximum Gasteiger partial charge on any atom is 0.225 e. The Balaban J connectivity index is 1.68. The molecule has 2 rings (SSSR count). The number of thioether (sulfide) groups is 1. The van der Waals surface area contributed by atoms with Gasteiger partial charge in [-0.15, -0.1) is 11.8 Å². The summed E-state index contributed by atoms with van der Waals surface area (Å²) in [7, 11) is 1.77. The first kappa shape index (κ1) is 22.5. The van der Waals surface area contributed by atoms with E-state index in [2.05, 4.69) is 29.5 Å². The molecule has 28 heavy (non-hydrogen) atoms. The molecule has 1 fully saturated rings. The molecule has 2 N–H and O–H groups in total. The number of rotatable bonds is 8. The number of carbonyl (C=O) groups is 1.